The summed E-state index contributed by atoms with van der Waals surface area (Å²) in [6.45, 7) is 0.397. The number of aliphatic hydroxyl groups excluding tert-OH is 1. The number of halogens is 2. The van der Waals surface area contributed by atoms with Crippen LogP contribution in [0.5, 0.6) is 0 Å². The zero-order valence-electron chi connectivity index (χ0n) is 9.20. The highest BCUT2D eigenvalue weighted by Gasteiger charge is 2.22. The quantitative estimate of drug-likeness (QED) is 0.720. The Hall–Kier alpha value is -1.53. The third kappa shape index (κ3) is 3.47. The van der Waals surface area contributed by atoms with Crippen LogP contribution in [0.3, 0.4) is 0 Å². The van der Waals surface area contributed by atoms with E-state index in [9.17, 15) is 18.7 Å². The average Bonchev–Trinajstić information content (AvgIpc) is 2.26. The number of nitrogens with one attached hydrogen (secondary N) is 1. The van der Waals surface area contributed by atoms with Gasteiger partial charge in [0.1, 0.15) is 22.8 Å². The summed E-state index contributed by atoms with van der Waals surface area (Å²) >= 11 is 0. The number of hydrogen-bond acceptors (Lipinski definition) is 3. The molecule has 94 valence electrons. The van der Waals surface area contributed by atoms with Crippen molar-refractivity contribution in [3.05, 3.63) is 35.4 Å². The van der Waals surface area contributed by atoms with Crippen LogP contribution in [-0.2, 0) is 0 Å². The van der Waals surface area contributed by atoms with Gasteiger partial charge in [-0.1, -0.05) is 6.07 Å². The maximum absolute atomic E-state index is 13.2. The standard InChI is InChI=1S/C11H13F2NO3/c1-11(17,6-15)5-14-10(16)9-7(12)3-2-4-8(9)13/h2-4,15,17H,5-6H2,1H3,(H,14,16). The molecule has 0 aliphatic carbocycles. The van der Waals surface area contributed by atoms with E-state index in [4.69, 9.17) is 5.11 Å². The van der Waals surface area contributed by atoms with Gasteiger partial charge in [0, 0.05) is 6.54 Å². The summed E-state index contributed by atoms with van der Waals surface area (Å²) in [7, 11) is 0. The predicted molar refractivity (Wildman–Crippen MR) is 56.4 cm³/mol. The lowest BCUT2D eigenvalue weighted by Gasteiger charge is -2.20. The predicted octanol–water partition coefficient (Wildman–Crippen LogP) is 0.438. The molecule has 0 fully saturated rings. The van der Waals surface area contributed by atoms with Crippen molar-refractivity contribution in [1.82, 2.24) is 5.32 Å². The molecule has 0 spiro atoms. The molecule has 0 aliphatic rings. The molecule has 1 atom stereocenters. The van der Waals surface area contributed by atoms with Gasteiger partial charge in [-0.05, 0) is 19.1 Å². The SMILES string of the molecule is CC(O)(CO)CNC(=O)c1c(F)cccc1F. The molecule has 0 saturated heterocycles. The van der Waals surface area contributed by atoms with Crippen LogP contribution in [0.25, 0.3) is 0 Å². The summed E-state index contributed by atoms with van der Waals surface area (Å²) in [5.74, 6) is -2.94. The van der Waals surface area contributed by atoms with Crippen LogP contribution < -0.4 is 5.32 Å². The molecule has 1 unspecified atom stereocenters. The van der Waals surface area contributed by atoms with Crippen LogP contribution in [0.1, 0.15) is 17.3 Å². The van der Waals surface area contributed by atoms with E-state index in [0.717, 1.165) is 18.2 Å². The number of hydrogen-bond donors (Lipinski definition) is 3. The lowest BCUT2D eigenvalue weighted by Crippen LogP contribution is -2.43. The van der Waals surface area contributed by atoms with Gasteiger partial charge in [0.2, 0.25) is 0 Å². The van der Waals surface area contributed by atoms with Crippen molar-refractivity contribution in [2.45, 2.75) is 12.5 Å². The fourth-order valence-electron chi connectivity index (χ4n) is 1.13. The monoisotopic (exact) mass is 245 g/mol. The minimum absolute atomic E-state index is 0.309. The van der Waals surface area contributed by atoms with Crippen LogP contribution in [0.2, 0.25) is 0 Å². The first-order valence-corrected chi connectivity index (χ1v) is 4.93. The first-order valence-electron chi connectivity index (χ1n) is 4.93. The Bertz CT molecular complexity index is 401. The average molecular weight is 245 g/mol. The number of benzene rings is 1. The summed E-state index contributed by atoms with van der Waals surface area (Å²) in [5.41, 5.74) is -2.24. The molecule has 17 heavy (non-hydrogen) atoms. The maximum atomic E-state index is 13.2. The minimum Gasteiger partial charge on any atom is -0.393 e. The first kappa shape index (κ1) is 13.5. The smallest absolute Gasteiger partial charge is 0.257 e. The van der Waals surface area contributed by atoms with Crippen LogP contribution >= 0.6 is 0 Å². The van der Waals surface area contributed by atoms with Gasteiger partial charge in [-0.25, -0.2) is 8.78 Å². The van der Waals surface area contributed by atoms with E-state index >= 15 is 0 Å². The summed E-state index contributed by atoms with van der Waals surface area (Å²) < 4.78 is 26.4. The Balaban J connectivity index is 2.78. The molecule has 0 bridgehead atoms. The highest BCUT2D eigenvalue weighted by molar-refractivity contribution is 5.94. The number of rotatable bonds is 4. The largest absolute Gasteiger partial charge is 0.393 e. The van der Waals surface area contributed by atoms with Gasteiger partial charge >= 0.3 is 0 Å². The van der Waals surface area contributed by atoms with E-state index in [1.54, 1.807) is 0 Å². The first-order chi connectivity index (χ1) is 7.87. The van der Waals surface area contributed by atoms with Crippen molar-refractivity contribution in [3.8, 4) is 0 Å². The van der Waals surface area contributed by atoms with Crippen molar-refractivity contribution in [2.24, 2.45) is 0 Å². The van der Waals surface area contributed by atoms with Gasteiger partial charge in [0.05, 0.1) is 6.61 Å². The van der Waals surface area contributed by atoms with Gasteiger partial charge in [0.25, 0.3) is 5.91 Å². The molecule has 0 saturated carbocycles. The number of aliphatic hydroxyl groups is 2. The fraction of sp³-hybridized carbons (Fsp3) is 0.364. The molecule has 4 nitrogen and oxygen atoms in total. The molecular formula is C11H13F2NO3. The molecule has 1 amide bonds. The van der Waals surface area contributed by atoms with Gasteiger partial charge in [0.15, 0.2) is 0 Å². The highest BCUT2D eigenvalue weighted by atomic mass is 19.1. The third-order valence-electron chi connectivity index (χ3n) is 2.16. The molecule has 3 N–H and O–H groups in total. The van der Waals surface area contributed by atoms with Crippen molar-refractivity contribution < 1.29 is 23.8 Å². The number of amides is 1. The molecular weight excluding hydrogens is 232 g/mol. The van der Waals surface area contributed by atoms with Gasteiger partial charge in [-0.15, -0.1) is 0 Å². The second-order valence-electron chi connectivity index (χ2n) is 3.93. The Morgan fingerprint density at radius 3 is 2.41 bits per heavy atom. The van der Waals surface area contributed by atoms with Crippen molar-refractivity contribution >= 4 is 5.91 Å². The van der Waals surface area contributed by atoms with Gasteiger partial charge in [-0.3, -0.25) is 4.79 Å². The normalized spacial score (nSPS) is 14.2. The van der Waals surface area contributed by atoms with E-state index in [1.165, 1.54) is 6.92 Å². The van der Waals surface area contributed by atoms with E-state index in [2.05, 4.69) is 5.32 Å². The second kappa shape index (κ2) is 5.20. The molecule has 0 radical (unpaired) electrons. The lowest BCUT2D eigenvalue weighted by molar-refractivity contribution is 0.00313. The lowest BCUT2D eigenvalue weighted by atomic mass is 10.1. The highest BCUT2D eigenvalue weighted by Crippen LogP contribution is 2.12. The van der Waals surface area contributed by atoms with Gasteiger partial charge in [-0.2, -0.15) is 0 Å². The Morgan fingerprint density at radius 1 is 1.41 bits per heavy atom. The minimum atomic E-state index is -1.53. The molecule has 1 aromatic carbocycles. The summed E-state index contributed by atoms with van der Waals surface area (Å²) in [6, 6.07) is 3.07. The van der Waals surface area contributed by atoms with E-state index < -0.39 is 35.3 Å². The Kier molecular flexibility index (Phi) is 4.14. The number of carbonyl (C=O) groups is 1. The molecule has 0 heterocycles. The molecule has 1 aromatic rings. The molecule has 0 aliphatic heterocycles. The summed E-state index contributed by atoms with van der Waals surface area (Å²) in [5, 5.41) is 20.3. The Labute approximate surface area is 96.9 Å². The van der Waals surface area contributed by atoms with Crippen LogP contribution in [0.15, 0.2) is 18.2 Å². The topological polar surface area (TPSA) is 69.6 Å². The van der Waals surface area contributed by atoms with E-state index in [0.29, 0.717) is 0 Å². The van der Waals surface area contributed by atoms with Crippen LogP contribution in [0.4, 0.5) is 8.78 Å². The summed E-state index contributed by atoms with van der Waals surface area (Å²) in [4.78, 5) is 11.5. The fourth-order valence-corrected chi connectivity index (χ4v) is 1.13. The van der Waals surface area contributed by atoms with Gasteiger partial charge < -0.3 is 15.5 Å². The van der Waals surface area contributed by atoms with E-state index in [1.807, 2.05) is 0 Å². The van der Waals surface area contributed by atoms with Crippen molar-refractivity contribution in [3.63, 3.8) is 0 Å². The van der Waals surface area contributed by atoms with E-state index in [-0.39, 0.29) is 6.54 Å². The Morgan fingerprint density at radius 2 is 1.94 bits per heavy atom. The number of carbonyl (C=O) groups excluding carboxylic acids is 1. The molecule has 0 aromatic heterocycles. The van der Waals surface area contributed by atoms with Crippen molar-refractivity contribution in [2.75, 3.05) is 13.2 Å². The third-order valence-corrected chi connectivity index (χ3v) is 2.16. The maximum Gasteiger partial charge on any atom is 0.257 e. The zero-order valence-corrected chi connectivity index (χ0v) is 9.20. The zero-order chi connectivity index (χ0) is 13.1. The van der Waals surface area contributed by atoms with Crippen LogP contribution in [-0.4, -0.2) is 34.9 Å². The van der Waals surface area contributed by atoms with Crippen LogP contribution in [0, 0.1) is 11.6 Å². The second-order valence-corrected chi connectivity index (χ2v) is 3.93. The molecule has 6 heteroatoms. The van der Waals surface area contributed by atoms with Crippen molar-refractivity contribution in [1.29, 1.82) is 0 Å². The molecule has 1 rings (SSSR count). The summed E-state index contributed by atoms with van der Waals surface area (Å²) in [6.07, 6.45) is 0.